The van der Waals surface area contributed by atoms with Gasteiger partial charge in [0.25, 0.3) is 10.0 Å². The second kappa shape index (κ2) is 7.79. The van der Waals surface area contributed by atoms with Crippen molar-refractivity contribution in [3.8, 4) is 0 Å². The van der Waals surface area contributed by atoms with Gasteiger partial charge in [-0.25, -0.2) is 8.78 Å². The Kier molecular flexibility index (Phi) is 5.31. The summed E-state index contributed by atoms with van der Waals surface area (Å²) in [4.78, 5) is 14.7. The molecule has 2 aromatic rings. The number of hydrogen-bond acceptors (Lipinski definition) is 4. The van der Waals surface area contributed by atoms with Gasteiger partial charge in [-0.15, -0.1) is 4.40 Å². The van der Waals surface area contributed by atoms with Crippen LogP contribution in [0.2, 0.25) is 0 Å². The molecule has 1 saturated heterocycles. The van der Waals surface area contributed by atoms with Crippen molar-refractivity contribution in [1.29, 1.82) is 0 Å². The lowest BCUT2D eigenvalue weighted by Crippen LogP contribution is -2.43. The Morgan fingerprint density at radius 2 is 1.87 bits per heavy atom. The molecule has 2 aliphatic rings. The third-order valence-corrected chi connectivity index (χ3v) is 6.89. The van der Waals surface area contributed by atoms with Crippen LogP contribution in [-0.4, -0.2) is 38.2 Å². The van der Waals surface area contributed by atoms with Gasteiger partial charge in [0.15, 0.2) is 5.84 Å². The fraction of sp³-hybridized carbons (Fsp3) is 0.333. The summed E-state index contributed by atoms with van der Waals surface area (Å²) in [6, 6.07) is 9.40. The number of likely N-dealkylation sites (tertiary alicyclic amines) is 1. The summed E-state index contributed by atoms with van der Waals surface area (Å²) in [6.45, 7) is 2.62. The summed E-state index contributed by atoms with van der Waals surface area (Å²) < 4.78 is 55.5. The van der Waals surface area contributed by atoms with Gasteiger partial charge in [-0.05, 0) is 38.0 Å². The summed E-state index contributed by atoms with van der Waals surface area (Å²) in [5.74, 6) is -1.42. The monoisotopic (exact) mass is 433 g/mol. The highest BCUT2D eigenvalue weighted by Gasteiger charge is 2.34. The van der Waals surface area contributed by atoms with Crippen LogP contribution >= 0.6 is 0 Å². The molecule has 2 aromatic carbocycles. The summed E-state index contributed by atoms with van der Waals surface area (Å²) >= 11 is 0. The molecule has 4 rings (SSSR count). The van der Waals surface area contributed by atoms with E-state index >= 15 is 0 Å². The van der Waals surface area contributed by atoms with Crippen molar-refractivity contribution in [3.63, 3.8) is 0 Å². The Bertz CT molecular complexity index is 1130. The lowest BCUT2D eigenvalue weighted by atomic mass is 9.94. The number of amidine groups is 1. The molecule has 1 amide bonds. The molecule has 0 unspecified atom stereocenters. The van der Waals surface area contributed by atoms with Crippen LogP contribution < -0.4 is 5.32 Å². The molecule has 6 nitrogen and oxygen atoms in total. The molecule has 158 valence electrons. The number of carbonyl (C=O) groups is 1. The van der Waals surface area contributed by atoms with E-state index in [0.29, 0.717) is 37.3 Å². The molecule has 0 aromatic heterocycles. The van der Waals surface area contributed by atoms with Crippen LogP contribution in [0.5, 0.6) is 0 Å². The topological polar surface area (TPSA) is 78.8 Å². The lowest BCUT2D eigenvalue weighted by molar-refractivity contribution is -0.126. The molecule has 1 atom stereocenters. The SMILES string of the molecule is C[C@@H](NC(=O)C1CCN(C2=NS(=O)(=O)c3ccccc32)CC1)c1ccc(F)cc1F. The number of benzene rings is 2. The van der Waals surface area contributed by atoms with E-state index in [9.17, 15) is 22.0 Å². The molecule has 0 radical (unpaired) electrons. The number of amides is 1. The van der Waals surface area contributed by atoms with Gasteiger partial charge in [0.1, 0.15) is 16.5 Å². The van der Waals surface area contributed by atoms with Gasteiger partial charge in [-0.1, -0.05) is 18.2 Å². The molecular weight excluding hydrogens is 412 g/mol. The molecule has 1 N–H and O–H groups in total. The van der Waals surface area contributed by atoms with Crippen LogP contribution in [0.3, 0.4) is 0 Å². The zero-order valence-corrected chi connectivity index (χ0v) is 17.1. The Labute approximate surface area is 173 Å². The number of piperidine rings is 1. The van der Waals surface area contributed by atoms with E-state index < -0.39 is 27.7 Å². The van der Waals surface area contributed by atoms with E-state index in [4.69, 9.17) is 0 Å². The number of hydrogen-bond donors (Lipinski definition) is 1. The maximum atomic E-state index is 13.9. The number of sulfonamides is 1. The number of fused-ring (bicyclic) bond motifs is 1. The molecule has 30 heavy (non-hydrogen) atoms. The molecule has 9 heteroatoms. The fourth-order valence-electron chi connectivity index (χ4n) is 3.93. The van der Waals surface area contributed by atoms with Crippen LogP contribution in [0.1, 0.15) is 36.9 Å². The van der Waals surface area contributed by atoms with E-state index in [1.54, 1.807) is 25.1 Å². The van der Waals surface area contributed by atoms with Crippen LogP contribution in [0, 0.1) is 17.6 Å². The Balaban J connectivity index is 1.40. The Morgan fingerprint density at radius 3 is 2.57 bits per heavy atom. The van der Waals surface area contributed by atoms with Crippen molar-refractivity contribution in [1.82, 2.24) is 10.2 Å². The van der Waals surface area contributed by atoms with Crippen LogP contribution in [0.15, 0.2) is 51.8 Å². The van der Waals surface area contributed by atoms with E-state index in [0.717, 1.165) is 12.1 Å². The number of halogens is 2. The molecule has 0 spiro atoms. The Hall–Kier alpha value is -2.81. The standard InChI is InChI=1S/C21H21F2N3O3S/c1-13(16-7-6-15(22)12-18(16)23)24-21(27)14-8-10-26(11-9-14)20-17-4-2-3-5-19(17)30(28,29)25-20/h2-7,12-14H,8-11H2,1H3,(H,24,27)/t13-/m1/s1. The first kappa shape index (κ1) is 20.5. The van der Waals surface area contributed by atoms with Crippen LogP contribution in [0.25, 0.3) is 0 Å². The highest BCUT2D eigenvalue weighted by molar-refractivity contribution is 7.90. The van der Waals surface area contributed by atoms with Gasteiger partial charge < -0.3 is 10.2 Å². The number of nitrogens with zero attached hydrogens (tertiary/aromatic N) is 2. The van der Waals surface area contributed by atoms with Gasteiger partial charge >= 0.3 is 0 Å². The molecule has 0 saturated carbocycles. The first-order valence-corrected chi connectivity index (χ1v) is 11.1. The van der Waals surface area contributed by atoms with Crippen molar-refractivity contribution >= 4 is 21.8 Å². The maximum absolute atomic E-state index is 13.9. The quantitative estimate of drug-likeness (QED) is 0.807. The second-order valence-corrected chi connectivity index (χ2v) is 9.12. The highest BCUT2D eigenvalue weighted by Crippen LogP contribution is 2.30. The zero-order chi connectivity index (χ0) is 21.5. The normalized spacial score (nSPS) is 19.2. The van der Waals surface area contributed by atoms with Gasteiger partial charge in [-0.2, -0.15) is 8.42 Å². The Morgan fingerprint density at radius 1 is 1.17 bits per heavy atom. The average molecular weight is 433 g/mol. The summed E-state index contributed by atoms with van der Waals surface area (Å²) in [7, 11) is -3.68. The minimum absolute atomic E-state index is 0.202. The highest BCUT2D eigenvalue weighted by atomic mass is 32.2. The van der Waals surface area contributed by atoms with E-state index in [-0.39, 0.29) is 22.3 Å². The molecule has 0 aliphatic carbocycles. The number of nitrogens with one attached hydrogen (secondary N) is 1. The second-order valence-electron chi connectivity index (χ2n) is 7.54. The summed E-state index contributed by atoms with van der Waals surface area (Å²) in [5.41, 5.74) is 0.810. The third kappa shape index (κ3) is 3.81. The third-order valence-electron chi connectivity index (χ3n) is 5.57. The smallest absolute Gasteiger partial charge is 0.285 e. The first-order valence-electron chi connectivity index (χ1n) is 9.71. The van der Waals surface area contributed by atoms with Gasteiger partial charge in [0.05, 0.1) is 6.04 Å². The molecule has 0 bridgehead atoms. The molecule has 2 aliphatic heterocycles. The predicted molar refractivity (Wildman–Crippen MR) is 107 cm³/mol. The summed E-state index contributed by atoms with van der Waals surface area (Å²) in [6.07, 6.45) is 1.04. The van der Waals surface area contributed by atoms with Crippen LogP contribution in [0.4, 0.5) is 8.78 Å². The van der Waals surface area contributed by atoms with E-state index in [1.807, 2.05) is 4.90 Å². The lowest BCUT2D eigenvalue weighted by Gasteiger charge is -2.33. The van der Waals surface area contributed by atoms with Gasteiger partial charge in [-0.3, -0.25) is 4.79 Å². The predicted octanol–water partition coefficient (Wildman–Crippen LogP) is 3.00. The van der Waals surface area contributed by atoms with E-state index in [1.165, 1.54) is 12.1 Å². The largest absolute Gasteiger partial charge is 0.355 e. The summed E-state index contributed by atoms with van der Waals surface area (Å²) in [5, 5.41) is 2.79. The van der Waals surface area contributed by atoms with E-state index in [2.05, 4.69) is 9.71 Å². The van der Waals surface area contributed by atoms with Crippen molar-refractivity contribution in [2.24, 2.45) is 10.3 Å². The molecular formula is C21H21F2N3O3S. The molecule has 2 heterocycles. The van der Waals surface area contributed by atoms with Crippen molar-refractivity contribution < 1.29 is 22.0 Å². The molecule has 1 fully saturated rings. The fourth-order valence-corrected chi connectivity index (χ4v) is 5.16. The van der Waals surface area contributed by atoms with Gasteiger partial charge in [0.2, 0.25) is 5.91 Å². The minimum Gasteiger partial charge on any atom is -0.355 e. The average Bonchev–Trinajstić information content (AvgIpc) is 2.99. The minimum atomic E-state index is -3.68. The van der Waals surface area contributed by atoms with Crippen molar-refractivity contribution in [2.75, 3.05) is 13.1 Å². The van der Waals surface area contributed by atoms with Crippen molar-refractivity contribution in [3.05, 3.63) is 65.2 Å². The van der Waals surface area contributed by atoms with Crippen LogP contribution in [-0.2, 0) is 14.8 Å². The first-order chi connectivity index (χ1) is 14.3. The van der Waals surface area contributed by atoms with Gasteiger partial charge in [0, 0.05) is 36.2 Å². The number of rotatable bonds is 3. The maximum Gasteiger partial charge on any atom is 0.285 e. The zero-order valence-electron chi connectivity index (χ0n) is 16.3. The number of carbonyl (C=O) groups excluding carboxylic acids is 1. The van der Waals surface area contributed by atoms with Crippen molar-refractivity contribution in [2.45, 2.75) is 30.7 Å².